The van der Waals surface area contributed by atoms with Gasteiger partial charge in [0.1, 0.15) is 18.2 Å². The Morgan fingerprint density at radius 2 is 1.70 bits per heavy atom. The van der Waals surface area contributed by atoms with Gasteiger partial charge in [0.25, 0.3) is 0 Å². The molecule has 3 heteroatoms. The van der Waals surface area contributed by atoms with Crippen LogP contribution in [0.2, 0.25) is 0 Å². The molecule has 0 aliphatic carbocycles. The Hall–Kier alpha value is -1.35. The van der Waals surface area contributed by atoms with Gasteiger partial charge in [-0.15, -0.1) is 0 Å². The summed E-state index contributed by atoms with van der Waals surface area (Å²) in [6.07, 6.45) is 0. The molecule has 0 saturated heterocycles. The Kier molecular flexibility index (Phi) is 4.48. The molecule has 2 aromatic rings. The molecule has 0 spiro atoms. The van der Waals surface area contributed by atoms with Crippen LogP contribution in [0.4, 0.5) is 4.39 Å². The Morgan fingerprint density at radius 3 is 2.25 bits per heavy atom. The molecule has 0 radical (unpaired) electrons. The Balaban J connectivity index is 2.02. The lowest BCUT2D eigenvalue weighted by molar-refractivity contribution is 0.305. The summed E-state index contributed by atoms with van der Waals surface area (Å²) in [6.45, 7) is 6.96. The standard InChI is InChI=1S/C17H18BrFO/c1-17(2,3)13-5-7-14(8-6-13)20-11-12-4-9-16(19)15(18)10-12/h4-10H,11H2,1-3H3. The zero-order valence-electron chi connectivity index (χ0n) is 11.9. The lowest BCUT2D eigenvalue weighted by atomic mass is 9.87. The van der Waals surface area contributed by atoms with Crippen LogP contribution in [0, 0.1) is 5.82 Å². The summed E-state index contributed by atoms with van der Waals surface area (Å²) in [5.41, 5.74) is 2.34. The normalized spacial score (nSPS) is 11.4. The molecule has 0 N–H and O–H groups in total. The van der Waals surface area contributed by atoms with Crippen molar-refractivity contribution in [2.45, 2.75) is 32.8 Å². The fourth-order valence-corrected chi connectivity index (χ4v) is 2.27. The van der Waals surface area contributed by atoms with Crippen LogP contribution in [0.3, 0.4) is 0 Å². The predicted octanol–water partition coefficient (Wildman–Crippen LogP) is 5.46. The zero-order valence-corrected chi connectivity index (χ0v) is 13.5. The summed E-state index contributed by atoms with van der Waals surface area (Å²) in [7, 11) is 0. The van der Waals surface area contributed by atoms with Crippen LogP contribution in [-0.4, -0.2) is 0 Å². The highest BCUT2D eigenvalue weighted by molar-refractivity contribution is 9.10. The fraction of sp³-hybridized carbons (Fsp3) is 0.294. The van der Waals surface area contributed by atoms with E-state index in [2.05, 4.69) is 48.8 Å². The molecule has 20 heavy (non-hydrogen) atoms. The smallest absolute Gasteiger partial charge is 0.137 e. The lowest BCUT2D eigenvalue weighted by Gasteiger charge is -2.19. The van der Waals surface area contributed by atoms with Gasteiger partial charge in [0.05, 0.1) is 4.47 Å². The zero-order chi connectivity index (χ0) is 14.8. The summed E-state index contributed by atoms with van der Waals surface area (Å²) in [5, 5.41) is 0. The van der Waals surface area contributed by atoms with E-state index in [1.807, 2.05) is 12.1 Å². The van der Waals surface area contributed by atoms with Gasteiger partial charge >= 0.3 is 0 Å². The van der Waals surface area contributed by atoms with E-state index >= 15 is 0 Å². The SMILES string of the molecule is CC(C)(C)c1ccc(OCc2ccc(F)c(Br)c2)cc1. The number of hydrogen-bond acceptors (Lipinski definition) is 1. The summed E-state index contributed by atoms with van der Waals surface area (Å²) in [4.78, 5) is 0. The van der Waals surface area contributed by atoms with Gasteiger partial charge in [0.15, 0.2) is 0 Å². The molecule has 0 aliphatic rings. The van der Waals surface area contributed by atoms with Crippen molar-refractivity contribution in [3.05, 3.63) is 63.9 Å². The minimum atomic E-state index is -0.261. The summed E-state index contributed by atoms with van der Waals surface area (Å²) in [6, 6.07) is 13.0. The van der Waals surface area contributed by atoms with Gasteiger partial charge in [-0.05, 0) is 56.7 Å². The Morgan fingerprint density at radius 1 is 1.05 bits per heavy atom. The van der Waals surface area contributed by atoms with Crippen molar-refractivity contribution in [1.82, 2.24) is 0 Å². The first-order chi connectivity index (χ1) is 9.36. The van der Waals surface area contributed by atoms with Crippen molar-refractivity contribution in [2.24, 2.45) is 0 Å². The van der Waals surface area contributed by atoms with Crippen molar-refractivity contribution in [3.8, 4) is 5.75 Å². The molecular formula is C17H18BrFO. The molecule has 0 bridgehead atoms. The van der Waals surface area contributed by atoms with Gasteiger partial charge in [0, 0.05) is 0 Å². The van der Waals surface area contributed by atoms with Crippen molar-refractivity contribution in [2.75, 3.05) is 0 Å². The lowest BCUT2D eigenvalue weighted by Crippen LogP contribution is -2.10. The second kappa shape index (κ2) is 5.96. The molecule has 0 aliphatic heterocycles. The second-order valence-corrected chi connectivity index (χ2v) is 6.67. The van der Waals surface area contributed by atoms with Crippen molar-refractivity contribution >= 4 is 15.9 Å². The highest BCUT2D eigenvalue weighted by Crippen LogP contribution is 2.25. The third-order valence-corrected chi connectivity index (χ3v) is 3.72. The number of rotatable bonds is 3. The van der Waals surface area contributed by atoms with E-state index in [-0.39, 0.29) is 11.2 Å². The van der Waals surface area contributed by atoms with Crippen molar-refractivity contribution in [3.63, 3.8) is 0 Å². The largest absolute Gasteiger partial charge is 0.489 e. The second-order valence-electron chi connectivity index (χ2n) is 5.81. The maximum Gasteiger partial charge on any atom is 0.137 e. The van der Waals surface area contributed by atoms with Crippen molar-refractivity contribution < 1.29 is 9.13 Å². The average Bonchev–Trinajstić information content (AvgIpc) is 2.40. The average molecular weight is 337 g/mol. The van der Waals surface area contributed by atoms with Gasteiger partial charge < -0.3 is 4.74 Å². The van der Waals surface area contributed by atoms with Crippen LogP contribution < -0.4 is 4.74 Å². The molecular weight excluding hydrogens is 319 g/mol. The first-order valence-electron chi connectivity index (χ1n) is 6.53. The molecule has 106 valence electrons. The summed E-state index contributed by atoms with van der Waals surface area (Å²) < 4.78 is 19.3. The third-order valence-electron chi connectivity index (χ3n) is 3.11. The van der Waals surface area contributed by atoms with E-state index in [1.54, 1.807) is 12.1 Å². The summed E-state index contributed by atoms with van der Waals surface area (Å²) in [5.74, 6) is 0.557. The van der Waals surface area contributed by atoms with Crippen LogP contribution in [0.5, 0.6) is 5.75 Å². The van der Waals surface area contributed by atoms with Gasteiger partial charge in [-0.3, -0.25) is 0 Å². The van der Waals surface area contributed by atoms with Crippen LogP contribution >= 0.6 is 15.9 Å². The van der Waals surface area contributed by atoms with Gasteiger partial charge in [-0.1, -0.05) is 39.0 Å². The van der Waals surface area contributed by atoms with Gasteiger partial charge in [0.2, 0.25) is 0 Å². The van der Waals surface area contributed by atoms with E-state index < -0.39 is 0 Å². The molecule has 0 aromatic heterocycles. The van der Waals surface area contributed by atoms with Gasteiger partial charge in [-0.25, -0.2) is 4.39 Å². The minimum Gasteiger partial charge on any atom is -0.489 e. The molecule has 1 nitrogen and oxygen atoms in total. The van der Waals surface area contributed by atoms with Crippen LogP contribution in [0.25, 0.3) is 0 Å². The predicted molar refractivity (Wildman–Crippen MR) is 83.6 cm³/mol. The third kappa shape index (κ3) is 3.83. The molecule has 0 unspecified atom stereocenters. The van der Waals surface area contributed by atoms with Gasteiger partial charge in [-0.2, -0.15) is 0 Å². The van der Waals surface area contributed by atoms with Crippen LogP contribution in [0.15, 0.2) is 46.9 Å². The first kappa shape index (κ1) is 15.0. The summed E-state index contributed by atoms with van der Waals surface area (Å²) >= 11 is 3.17. The number of benzene rings is 2. The highest BCUT2D eigenvalue weighted by atomic mass is 79.9. The molecule has 0 amide bonds. The van der Waals surface area contributed by atoms with Crippen LogP contribution in [-0.2, 0) is 12.0 Å². The van der Waals surface area contributed by atoms with E-state index in [4.69, 9.17) is 4.74 Å². The molecule has 0 heterocycles. The highest BCUT2D eigenvalue weighted by Gasteiger charge is 2.12. The molecule has 2 aromatic carbocycles. The number of hydrogen-bond donors (Lipinski definition) is 0. The Bertz CT molecular complexity index is 585. The maximum atomic E-state index is 13.1. The first-order valence-corrected chi connectivity index (χ1v) is 7.33. The maximum absolute atomic E-state index is 13.1. The van der Waals surface area contributed by atoms with E-state index in [0.29, 0.717) is 11.1 Å². The van der Waals surface area contributed by atoms with E-state index in [1.165, 1.54) is 11.6 Å². The number of halogens is 2. The molecule has 0 atom stereocenters. The number of ether oxygens (including phenoxy) is 1. The Labute approximate surface area is 127 Å². The quantitative estimate of drug-likeness (QED) is 0.722. The minimum absolute atomic E-state index is 0.139. The monoisotopic (exact) mass is 336 g/mol. The van der Waals surface area contributed by atoms with Crippen LogP contribution in [0.1, 0.15) is 31.9 Å². The van der Waals surface area contributed by atoms with E-state index in [0.717, 1.165) is 11.3 Å². The fourth-order valence-electron chi connectivity index (χ4n) is 1.85. The van der Waals surface area contributed by atoms with Crippen molar-refractivity contribution in [1.29, 1.82) is 0 Å². The molecule has 0 fully saturated rings. The molecule has 2 rings (SSSR count). The molecule has 0 saturated carbocycles. The van der Waals surface area contributed by atoms with E-state index in [9.17, 15) is 4.39 Å². The topological polar surface area (TPSA) is 9.23 Å².